The van der Waals surface area contributed by atoms with E-state index < -0.39 is 60.0 Å². The molecular formula is C28H35NO8. The molecule has 3 aliphatic heterocycles. The second-order valence-corrected chi connectivity index (χ2v) is 10.6. The maximum atomic E-state index is 13.2. The van der Waals surface area contributed by atoms with E-state index in [1.54, 1.807) is 30.3 Å². The van der Waals surface area contributed by atoms with Crippen molar-refractivity contribution in [2.75, 3.05) is 4.90 Å². The second kappa shape index (κ2) is 11.3. The van der Waals surface area contributed by atoms with Crippen molar-refractivity contribution in [2.45, 2.75) is 101 Å². The first-order valence-corrected chi connectivity index (χ1v) is 13.6. The van der Waals surface area contributed by atoms with Gasteiger partial charge in [-0.1, -0.05) is 50.3 Å². The lowest BCUT2D eigenvalue weighted by atomic mass is 9.78. The number of ether oxygens (including phenoxy) is 3. The average Bonchev–Trinajstić information content (AvgIpc) is 3.52. The highest BCUT2D eigenvalue weighted by atomic mass is 16.6. The molecule has 0 spiro atoms. The first-order valence-electron chi connectivity index (χ1n) is 13.6. The number of esters is 2. The van der Waals surface area contributed by atoms with Crippen LogP contribution in [0.15, 0.2) is 30.3 Å². The third kappa shape index (κ3) is 5.29. The van der Waals surface area contributed by atoms with Crippen LogP contribution in [0.5, 0.6) is 0 Å². The highest BCUT2D eigenvalue weighted by Gasteiger charge is 2.70. The molecule has 4 fully saturated rings. The second-order valence-electron chi connectivity index (χ2n) is 10.6. The van der Waals surface area contributed by atoms with Crippen molar-refractivity contribution in [1.29, 1.82) is 0 Å². The molecule has 0 radical (unpaired) electrons. The van der Waals surface area contributed by atoms with Crippen molar-refractivity contribution in [3.05, 3.63) is 30.3 Å². The first-order chi connectivity index (χ1) is 18.0. The van der Waals surface area contributed by atoms with E-state index >= 15 is 0 Å². The van der Waals surface area contributed by atoms with Gasteiger partial charge in [0.15, 0.2) is 6.10 Å². The van der Waals surface area contributed by atoms with Crippen molar-refractivity contribution in [1.82, 2.24) is 0 Å². The Morgan fingerprint density at radius 2 is 1.35 bits per heavy atom. The number of benzene rings is 1. The molecule has 9 nitrogen and oxygen atoms in total. The number of anilines is 1. The van der Waals surface area contributed by atoms with E-state index in [-0.39, 0.29) is 18.9 Å². The lowest BCUT2D eigenvalue weighted by Gasteiger charge is -2.29. The van der Waals surface area contributed by atoms with Crippen molar-refractivity contribution in [3.63, 3.8) is 0 Å². The van der Waals surface area contributed by atoms with Crippen LogP contribution in [0.3, 0.4) is 0 Å². The molecule has 5 rings (SSSR count). The van der Waals surface area contributed by atoms with Gasteiger partial charge in [0.05, 0.1) is 30.4 Å². The van der Waals surface area contributed by atoms with Crippen LogP contribution in [0.1, 0.15) is 70.6 Å². The van der Waals surface area contributed by atoms with Crippen LogP contribution in [-0.4, -0.2) is 59.4 Å². The fourth-order valence-electron chi connectivity index (χ4n) is 6.23. The molecule has 1 aromatic rings. The summed E-state index contributed by atoms with van der Waals surface area (Å²) in [7, 11) is 0. The van der Waals surface area contributed by atoms with E-state index in [1.807, 2.05) is 0 Å². The van der Waals surface area contributed by atoms with E-state index in [0.29, 0.717) is 5.69 Å². The SMILES string of the molecule is O=C(CCC(=O)OC1C(O)C2OC1C1C(=O)N(c3ccccc3)C(=O)C21)OC1CCCCCCCCC1. The maximum Gasteiger partial charge on any atom is 0.306 e. The summed E-state index contributed by atoms with van der Waals surface area (Å²) in [6.07, 6.45) is 5.23. The van der Waals surface area contributed by atoms with Gasteiger partial charge in [-0.2, -0.15) is 0 Å². The number of rotatable bonds is 6. The van der Waals surface area contributed by atoms with Crippen LogP contribution < -0.4 is 4.90 Å². The van der Waals surface area contributed by atoms with E-state index in [9.17, 15) is 24.3 Å². The molecule has 1 N–H and O–H groups in total. The number of fused-ring (bicyclic) bond motifs is 5. The van der Waals surface area contributed by atoms with Crippen LogP contribution in [0.25, 0.3) is 0 Å². The molecular weight excluding hydrogens is 478 g/mol. The number of hydrogen-bond donors (Lipinski definition) is 1. The van der Waals surface area contributed by atoms with E-state index in [0.717, 1.165) is 43.4 Å². The zero-order valence-corrected chi connectivity index (χ0v) is 21.0. The summed E-state index contributed by atoms with van der Waals surface area (Å²) in [5.74, 6) is -3.57. The summed E-state index contributed by atoms with van der Waals surface area (Å²) in [6, 6.07) is 8.61. The minimum absolute atomic E-state index is 0.113. The van der Waals surface area contributed by atoms with Crippen molar-refractivity contribution in [3.8, 4) is 0 Å². The topological polar surface area (TPSA) is 119 Å². The highest BCUT2D eigenvalue weighted by Crippen LogP contribution is 2.50. The lowest BCUT2D eigenvalue weighted by molar-refractivity contribution is -0.163. The Bertz CT molecular complexity index is 1000. The third-order valence-electron chi connectivity index (χ3n) is 8.08. The Morgan fingerprint density at radius 1 is 0.811 bits per heavy atom. The van der Waals surface area contributed by atoms with Crippen molar-refractivity contribution in [2.24, 2.45) is 11.8 Å². The number of carbonyl (C=O) groups is 4. The van der Waals surface area contributed by atoms with Crippen LogP contribution in [0, 0.1) is 11.8 Å². The maximum absolute atomic E-state index is 13.2. The van der Waals surface area contributed by atoms with Crippen molar-refractivity contribution < 1.29 is 38.5 Å². The lowest BCUT2D eigenvalue weighted by Crippen LogP contribution is -2.49. The monoisotopic (exact) mass is 513 g/mol. The standard InChI is InChI=1S/C28H35NO8/c30-19(35-18-13-9-4-2-1-3-5-10-14-18)15-16-20(31)36-26-23(32)24-21-22(25(26)37-24)28(34)29(27(21)33)17-11-7-6-8-12-17/h6-8,11-12,18,21-26,32H,1-5,9-10,13-16H2. The Kier molecular flexibility index (Phi) is 7.90. The molecule has 3 saturated heterocycles. The normalized spacial score (nSPS) is 32.3. The van der Waals surface area contributed by atoms with Gasteiger partial charge in [-0.15, -0.1) is 0 Å². The van der Waals surface area contributed by atoms with Gasteiger partial charge in [0, 0.05) is 0 Å². The summed E-state index contributed by atoms with van der Waals surface area (Å²) in [5.41, 5.74) is 0.461. The van der Waals surface area contributed by atoms with Crippen molar-refractivity contribution >= 4 is 29.4 Å². The molecule has 0 aromatic heterocycles. The fourth-order valence-corrected chi connectivity index (χ4v) is 6.23. The molecule has 2 amide bonds. The quantitative estimate of drug-likeness (QED) is 0.455. The summed E-state index contributed by atoms with van der Waals surface area (Å²) < 4.78 is 16.9. The average molecular weight is 514 g/mol. The molecule has 9 heteroatoms. The number of nitrogens with zero attached hydrogens (tertiary/aromatic N) is 1. The predicted molar refractivity (Wildman–Crippen MR) is 131 cm³/mol. The summed E-state index contributed by atoms with van der Waals surface area (Å²) in [4.78, 5) is 52.3. The van der Waals surface area contributed by atoms with Crippen LogP contribution in [-0.2, 0) is 33.4 Å². The number of aliphatic hydroxyl groups is 1. The molecule has 6 unspecified atom stereocenters. The summed E-state index contributed by atoms with van der Waals surface area (Å²) in [5, 5.41) is 10.7. The Morgan fingerprint density at radius 3 is 1.97 bits per heavy atom. The van der Waals surface area contributed by atoms with Gasteiger partial charge in [-0.25, -0.2) is 4.90 Å². The van der Waals surface area contributed by atoms with Gasteiger partial charge in [-0.05, 0) is 37.8 Å². The zero-order chi connectivity index (χ0) is 25.9. The third-order valence-corrected chi connectivity index (χ3v) is 8.08. The molecule has 1 aromatic carbocycles. The van der Waals surface area contributed by atoms with Crippen LogP contribution in [0.2, 0.25) is 0 Å². The van der Waals surface area contributed by atoms with Gasteiger partial charge in [0.1, 0.15) is 24.4 Å². The molecule has 6 atom stereocenters. The highest BCUT2D eigenvalue weighted by molar-refractivity contribution is 6.22. The molecule has 1 saturated carbocycles. The summed E-state index contributed by atoms with van der Waals surface area (Å²) >= 11 is 0. The largest absolute Gasteiger partial charge is 0.462 e. The van der Waals surface area contributed by atoms with Gasteiger partial charge in [0.25, 0.3) is 0 Å². The molecule has 4 aliphatic rings. The van der Waals surface area contributed by atoms with Crippen LogP contribution >= 0.6 is 0 Å². The molecule has 1 aliphatic carbocycles. The van der Waals surface area contributed by atoms with Gasteiger partial charge < -0.3 is 19.3 Å². The van der Waals surface area contributed by atoms with E-state index in [4.69, 9.17) is 14.2 Å². The Labute approximate surface area is 216 Å². The Balaban J connectivity index is 1.14. The predicted octanol–water partition coefficient (Wildman–Crippen LogP) is 3.06. The number of imide groups is 1. The van der Waals surface area contributed by atoms with Gasteiger partial charge in [0.2, 0.25) is 11.8 Å². The summed E-state index contributed by atoms with van der Waals surface area (Å²) in [6.45, 7) is 0. The van der Waals surface area contributed by atoms with E-state index in [2.05, 4.69) is 0 Å². The van der Waals surface area contributed by atoms with E-state index in [1.165, 1.54) is 19.3 Å². The molecule has 2 bridgehead atoms. The number of amides is 2. The molecule has 37 heavy (non-hydrogen) atoms. The zero-order valence-electron chi connectivity index (χ0n) is 21.0. The van der Waals surface area contributed by atoms with Gasteiger partial charge in [-0.3, -0.25) is 19.2 Å². The smallest absolute Gasteiger partial charge is 0.306 e. The first kappa shape index (κ1) is 25.9. The Hall–Kier alpha value is -2.78. The van der Waals surface area contributed by atoms with Crippen LogP contribution in [0.4, 0.5) is 5.69 Å². The molecule has 200 valence electrons. The number of para-hydroxylation sites is 1. The number of hydrogen-bond acceptors (Lipinski definition) is 8. The number of carbonyl (C=O) groups excluding carboxylic acids is 4. The fraction of sp³-hybridized carbons (Fsp3) is 0.643. The minimum atomic E-state index is -1.22. The van der Waals surface area contributed by atoms with Gasteiger partial charge >= 0.3 is 11.9 Å². The molecule has 3 heterocycles. The minimum Gasteiger partial charge on any atom is -0.462 e. The number of aliphatic hydroxyl groups excluding tert-OH is 1.